The number of aliphatic hydroxyl groups is 1. The van der Waals surface area contributed by atoms with Crippen molar-refractivity contribution in [1.29, 1.82) is 0 Å². The fourth-order valence-corrected chi connectivity index (χ4v) is 4.65. The number of benzene rings is 2. The van der Waals surface area contributed by atoms with Crippen molar-refractivity contribution in [1.82, 2.24) is 4.90 Å². The zero-order valence-electron chi connectivity index (χ0n) is 19.0. The van der Waals surface area contributed by atoms with Crippen LogP contribution in [-0.2, 0) is 5.60 Å². The van der Waals surface area contributed by atoms with Crippen LogP contribution in [0.5, 0.6) is 5.75 Å². The number of rotatable bonds is 10. The van der Waals surface area contributed by atoms with Gasteiger partial charge < -0.3 is 14.7 Å². The molecule has 3 rings (SSSR count). The Balaban J connectivity index is 1.98. The van der Waals surface area contributed by atoms with Gasteiger partial charge in [-0.1, -0.05) is 62.7 Å². The summed E-state index contributed by atoms with van der Waals surface area (Å²) in [5, 5.41) is 12.3. The van der Waals surface area contributed by atoms with E-state index in [1.54, 1.807) is 0 Å². The highest BCUT2D eigenvalue weighted by Crippen LogP contribution is 2.42. The van der Waals surface area contributed by atoms with Crippen LogP contribution in [0, 0.1) is 5.92 Å². The molecular formula is C27H39NO2. The topological polar surface area (TPSA) is 32.7 Å². The molecule has 164 valence electrons. The first-order valence-electron chi connectivity index (χ1n) is 11.8. The lowest BCUT2D eigenvalue weighted by atomic mass is 9.73. The fourth-order valence-electron chi connectivity index (χ4n) is 4.65. The van der Waals surface area contributed by atoms with E-state index in [4.69, 9.17) is 4.74 Å². The van der Waals surface area contributed by atoms with E-state index in [-0.39, 0.29) is 5.92 Å². The molecule has 30 heavy (non-hydrogen) atoms. The lowest BCUT2D eigenvalue weighted by Gasteiger charge is -2.41. The molecule has 2 aromatic rings. The minimum atomic E-state index is -0.909. The van der Waals surface area contributed by atoms with Crippen LogP contribution >= 0.6 is 0 Å². The Morgan fingerprint density at radius 1 is 0.967 bits per heavy atom. The maximum atomic E-state index is 12.3. The van der Waals surface area contributed by atoms with E-state index in [0.29, 0.717) is 12.5 Å². The Morgan fingerprint density at radius 2 is 1.63 bits per heavy atom. The zero-order valence-corrected chi connectivity index (χ0v) is 19.0. The number of piperidine rings is 1. The number of likely N-dealkylation sites (tertiary alicyclic amines) is 1. The molecule has 1 fully saturated rings. The van der Waals surface area contributed by atoms with Gasteiger partial charge in [0.2, 0.25) is 0 Å². The molecule has 3 nitrogen and oxygen atoms in total. The second-order valence-electron chi connectivity index (χ2n) is 9.14. The van der Waals surface area contributed by atoms with Gasteiger partial charge >= 0.3 is 0 Å². The van der Waals surface area contributed by atoms with E-state index in [9.17, 15) is 5.11 Å². The Kier molecular flexibility index (Phi) is 8.35. The molecule has 0 bridgehead atoms. The second kappa shape index (κ2) is 11.0. The van der Waals surface area contributed by atoms with Crippen molar-refractivity contribution in [3.8, 4) is 5.75 Å². The van der Waals surface area contributed by atoms with Gasteiger partial charge in [-0.2, -0.15) is 0 Å². The minimum Gasteiger partial charge on any atom is -0.494 e. The summed E-state index contributed by atoms with van der Waals surface area (Å²) >= 11 is 0. The highest BCUT2D eigenvalue weighted by molar-refractivity contribution is 5.35. The average molecular weight is 410 g/mol. The Morgan fingerprint density at radius 3 is 2.23 bits per heavy atom. The number of hydrogen-bond acceptors (Lipinski definition) is 3. The van der Waals surface area contributed by atoms with E-state index >= 15 is 0 Å². The Hall–Kier alpha value is -1.84. The molecule has 1 N–H and O–H groups in total. The van der Waals surface area contributed by atoms with Crippen molar-refractivity contribution in [3.05, 3.63) is 65.7 Å². The molecule has 0 spiro atoms. The first kappa shape index (κ1) is 22.8. The maximum Gasteiger partial charge on any atom is 0.119 e. The summed E-state index contributed by atoms with van der Waals surface area (Å²) in [6, 6.07) is 18.8. The third kappa shape index (κ3) is 5.86. The summed E-state index contributed by atoms with van der Waals surface area (Å²) < 4.78 is 5.65. The summed E-state index contributed by atoms with van der Waals surface area (Å²) in [4.78, 5) is 2.55. The van der Waals surface area contributed by atoms with Gasteiger partial charge in [0.05, 0.1) is 12.2 Å². The van der Waals surface area contributed by atoms with E-state index in [1.165, 1.54) is 24.8 Å². The molecule has 0 aliphatic carbocycles. The van der Waals surface area contributed by atoms with Crippen molar-refractivity contribution >= 4 is 0 Å². The highest BCUT2D eigenvalue weighted by atomic mass is 16.5. The molecule has 1 aliphatic heterocycles. The lowest BCUT2D eigenvalue weighted by molar-refractivity contribution is -0.0187. The van der Waals surface area contributed by atoms with E-state index in [0.717, 1.165) is 43.8 Å². The largest absolute Gasteiger partial charge is 0.494 e. The molecule has 2 atom stereocenters. The number of ether oxygens (including phenoxy) is 1. The predicted octanol–water partition coefficient (Wildman–Crippen LogP) is 5.98. The molecule has 0 amide bonds. The third-order valence-corrected chi connectivity index (χ3v) is 6.44. The van der Waals surface area contributed by atoms with Gasteiger partial charge in [-0.05, 0) is 74.9 Å². The van der Waals surface area contributed by atoms with Gasteiger partial charge in [-0.3, -0.25) is 0 Å². The Labute approximate surface area is 183 Å². The van der Waals surface area contributed by atoms with Gasteiger partial charge in [-0.15, -0.1) is 0 Å². The molecule has 0 unspecified atom stereocenters. The van der Waals surface area contributed by atoms with Crippen LogP contribution in [0.1, 0.15) is 69.9 Å². The van der Waals surface area contributed by atoms with Gasteiger partial charge in [0, 0.05) is 12.5 Å². The lowest BCUT2D eigenvalue weighted by Crippen LogP contribution is -2.43. The van der Waals surface area contributed by atoms with Crippen LogP contribution in [0.3, 0.4) is 0 Å². The monoisotopic (exact) mass is 409 g/mol. The van der Waals surface area contributed by atoms with Crippen LogP contribution in [-0.4, -0.2) is 36.2 Å². The summed E-state index contributed by atoms with van der Waals surface area (Å²) in [6.07, 6.45) is 5.59. The molecule has 1 saturated heterocycles. The molecule has 0 aromatic heterocycles. The molecule has 3 heteroatoms. The summed E-state index contributed by atoms with van der Waals surface area (Å²) in [5.74, 6) is 1.44. The molecule has 1 aliphatic rings. The SMILES string of the molecule is CCOc1ccc([C@@](O)(CCC(C)C)[C@@H](CN2CCCCC2)c2ccccc2)cc1. The first-order valence-corrected chi connectivity index (χ1v) is 11.8. The van der Waals surface area contributed by atoms with Gasteiger partial charge in [0.25, 0.3) is 0 Å². The van der Waals surface area contributed by atoms with Gasteiger partial charge in [-0.25, -0.2) is 0 Å². The second-order valence-corrected chi connectivity index (χ2v) is 9.14. The Bertz CT molecular complexity index is 737. The fraction of sp³-hybridized carbons (Fsp3) is 0.556. The first-order chi connectivity index (χ1) is 14.5. The summed E-state index contributed by atoms with van der Waals surface area (Å²) in [7, 11) is 0. The standard InChI is InChI=1S/C27H39NO2/c1-4-30-25-15-13-24(14-16-25)27(29,18-17-22(2)3)26(23-11-7-5-8-12-23)21-28-19-9-6-10-20-28/h5,7-8,11-16,22,26,29H,4,6,9-10,17-21H2,1-3H3/t26-,27-/m0/s1. The number of hydrogen-bond donors (Lipinski definition) is 1. The van der Waals surface area contributed by atoms with E-state index < -0.39 is 5.60 Å². The normalized spacial score (nSPS) is 18.2. The molecular weight excluding hydrogens is 370 g/mol. The van der Waals surface area contributed by atoms with Gasteiger partial charge in [0.1, 0.15) is 5.75 Å². The van der Waals surface area contributed by atoms with Crippen LogP contribution < -0.4 is 4.74 Å². The maximum absolute atomic E-state index is 12.3. The highest BCUT2D eigenvalue weighted by Gasteiger charge is 2.40. The van der Waals surface area contributed by atoms with Crippen molar-refractivity contribution < 1.29 is 9.84 Å². The minimum absolute atomic E-state index is 0.0356. The summed E-state index contributed by atoms with van der Waals surface area (Å²) in [5.41, 5.74) is 1.31. The van der Waals surface area contributed by atoms with Crippen LogP contribution in [0.25, 0.3) is 0 Å². The molecule has 0 saturated carbocycles. The van der Waals surface area contributed by atoms with Crippen LogP contribution in [0.2, 0.25) is 0 Å². The smallest absolute Gasteiger partial charge is 0.119 e. The van der Waals surface area contributed by atoms with Crippen LogP contribution in [0.15, 0.2) is 54.6 Å². The average Bonchev–Trinajstić information content (AvgIpc) is 2.78. The van der Waals surface area contributed by atoms with Gasteiger partial charge in [0.15, 0.2) is 0 Å². The summed E-state index contributed by atoms with van der Waals surface area (Å²) in [6.45, 7) is 10.3. The quantitative estimate of drug-likeness (QED) is 0.524. The van der Waals surface area contributed by atoms with E-state index in [1.807, 2.05) is 19.1 Å². The van der Waals surface area contributed by atoms with Crippen LogP contribution in [0.4, 0.5) is 0 Å². The van der Waals surface area contributed by atoms with E-state index in [2.05, 4.69) is 61.2 Å². The third-order valence-electron chi connectivity index (χ3n) is 6.44. The van der Waals surface area contributed by atoms with Crippen molar-refractivity contribution in [3.63, 3.8) is 0 Å². The molecule has 1 heterocycles. The van der Waals surface area contributed by atoms with Crippen molar-refractivity contribution in [2.75, 3.05) is 26.2 Å². The molecule has 2 aromatic carbocycles. The molecule has 0 radical (unpaired) electrons. The number of nitrogens with zero attached hydrogens (tertiary/aromatic N) is 1. The zero-order chi connectivity index (χ0) is 21.4. The predicted molar refractivity (Wildman–Crippen MR) is 125 cm³/mol. The van der Waals surface area contributed by atoms with Crippen molar-refractivity contribution in [2.45, 2.75) is 64.4 Å². The van der Waals surface area contributed by atoms with Crippen molar-refractivity contribution in [2.24, 2.45) is 5.92 Å².